The summed E-state index contributed by atoms with van der Waals surface area (Å²) in [6.07, 6.45) is 1.77. The molecule has 0 N–H and O–H groups in total. The number of carbonyl (C=O) groups is 1. The Kier molecular flexibility index (Phi) is 6.05. The molecule has 8 heteroatoms. The van der Waals surface area contributed by atoms with Crippen molar-refractivity contribution in [2.75, 3.05) is 13.7 Å². The SMILES string of the molecule is CCOC(=O)C1=C(C)N=c2s/c(=C\c3ccc(OC)cc3)c(=O)n2[C@@H]1c1ccc(F)cc1. The van der Waals surface area contributed by atoms with Gasteiger partial charge < -0.3 is 9.47 Å². The number of fused-ring (bicyclic) bond motifs is 1. The molecular formula is C24H21FN2O4S. The number of thiazole rings is 1. The van der Waals surface area contributed by atoms with E-state index in [2.05, 4.69) is 4.99 Å². The van der Waals surface area contributed by atoms with E-state index >= 15 is 0 Å². The van der Waals surface area contributed by atoms with E-state index in [1.54, 1.807) is 39.2 Å². The molecule has 0 saturated carbocycles. The second-order valence-corrected chi connectivity index (χ2v) is 8.14. The zero-order chi connectivity index (χ0) is 22.8. The third-order valence-corrected chi connectivity index (χ3v) is 6.10. The maximum Gasteiger partial charge on any atom is 0.338 e. The van der Waals surface area contributed by atoms with Crippen molar-refractivity contribution in [3.05, 3.63) is 96.4 Å². The van der Waals surface area contributed by atoms with Gasteiger partial charge in [-0.25, -0.2) is 14.2 Å². The molecule has 3 aromatic rings. The first-order valence-electron chi connectivity index (χ1n) is 10.0. The average Bonchev–Trinajstić information content (AvgIpc) is 3.08. The van der Waals surface area contributed by atoms with Crippen LogP contribution in [0.15, 0.2) is 69.6 Å². The van der Waals surface area contributed by atoms with E-state index in [0.29, 0.717) is 20.6 Å². The zero-order valence-electron chi connectivity index (χ0n) is 17.8. The van der Waals surface area contributed by atoms with Crippen LogP contribution in [0.3, 0.4) is 0 Å². The molecule has 0 spiro atoms. The minimum absolute atomic E-state index is 0.188. The Hall–Kier alpha value is -3.52. The molecule has 0 amide bonds. The first-order chi connectivity index (χ1) is 15.4. The number of aromatic nitrogens is 1. The summed E-state index contributed by atoms with van der Waals surface area (Å²) in [6, 6.07) is 12.3. The van der Waals surface area contributed by atoms with E-state index in [0.717, 1.165) is 11.3 Å². The van der Waals surface area contributed by atoms with Gasteiger partial charge in [0.25, 0.3) is 5.56 Å². The lowest BCUT2D eigenvalue weighted by Crippen LogP contribution is -2.39. The highest BCUT2D eigenvalue weighted by atomic mass is 32.1. The number of hydrogen-bond donors (Lipinski definition) is 0. The normalized spacial score (nSPS) is 15.9. The molecule has 1 aliphatic heterocycles. The van der Waals surface area contributed by atoms with E-state index < -0.39 is 17.8 Å². The molecule has 0 bridgehead atoms. The predicted octanol–water partition coefficient (Wildman–Crippen LogP) is 2.95. The van der Waals surface area contributed by atoms with Crippen LogP contribution in [0.2, 0.25) is 0 Å². The van der Waals surface area contributed by atoms with Gasteiger partial charge in [-0.3, -0.25) is 9.36 Å². The van der Waals surface area contributed by atoms with Gasteiger partial charge in [0.1, 0.15) is 11.6 Å². The topological polar surface area (TPSA) is 69.9 Å². The molecule has 1 atom stereocenters. The number of halogens is 1. The Morgan fingerprint density at radius 1 is 1.19 bits per heavy atom. The van der Waals surface area contributed by atoms with Crippen LogP contribution in [0.4, 0.5) is 4.39 Å². The number of rotatable bonds is 5. The average molecular weight is 453 g/mol. The largest absolute Gasteiger partial charge is 0.497 e. The van der Waals surface area contributed by atoms with E-state index in [4.69, 9.17) is 9.47 Å². The second kappa shape index (κ2) is 8.92. The van der Waals surface area contributed by atoms with E-state index in [1.165, 1.54) is 28.0 Å². The van der Waals surface area contributed by atoms with Crippen LogP contribution < -0.4 is 19.6 Å². The molecule has 2 aromatic carbocycles. The molecular weight excluding hydrogens is 431 g/mol. The van der Waals surface area contributed by atoms with E-state index in [-0.39, 0.29) is 17.7 Å². The number of nitrogens with zero attached hydrogens (tertiary/aromatic N) is 2. The summed E-state index contributed by atoms with van der Waals surface area (Å²) in [5, 5.41) is 0. The van der Waals surface area contributed by atoms with Gasteiger partial charge in [0, 0.05) is 0 Å². The lowest BCUT2D eigenvalue weighted by atomic mass is 9.96. The van der Waals surface area contributed by atoms with Crippen LogP contribution in [-0.4, -0.2) is 24.3 Å². The highest BCUT2D eigenvalue weighted by Crippen LogP contribution is 2.30. The van der Waals surface area contributed by atoms with Crippen molar-refractivity contribution >= 4 is 23.4 Å². The van der Waals surface area contributed by atoms with Gasteiger partial charge in [0.05, 0.1) is 35.6 Å². The summed E-state index contributed by atoms with van der Waals surface area (Å²) in [5.74, 6) is -0.235. The third-order valence-electron chi connectivity index (χ3n) is 5.12. The molecule has 2 heterocycles. The number of benzene rings is 2. The van der Waals surface area contributed by atoms with Crippen LogP contribution in [0.25, 0.3) is 6.08 Å². The molecule has 1 aromatic heterocycles. The Bertz CT molecular complexity index is 1370. The van der Waals surface area contributed by atoms with Gasteiger partial charge in [-0.15, -0.1) is 0 Å². The van der Waals surface area contributed by atoms with Crippen molar-refractivity contribution in [3.8, 4) is 5.75 Å². The van der Waals surface area contributed by atoms with Gasteiger partial charge >= 0.3 is 5.97 Å². The Morgan fingerprint density at radius 3 is 2.50 bits per heavy atom. The van der Waals surface area contributed by atoms with Crippen molar-refractivity contribution < 1.29 is 18.7 Å². The first kappa shape index (κ1) is 21.7. The lowest BCUT2D eigenvalue weighted by molar-refractivity contribution is -0.139. The number of methoxy groups -OCH3 is 1. The van der Waals surface area contributed by atoms with Crippen LogP contribution in [0, 0.1) is 5.82 Å². The quantitative estimate of drug-likeness (QED) is 0.558. The van der Waals surface area contributed by atoms with Crippen LogP contribution >= 0.6 is 11.3 Å². The van der Waals surface area contributed by atoms with Crippen molar-refractivity contribution in [2.24, 2.45) is 4.99 Å². The number of ether oxygens (including phenoxy) is 2. The summed E-state index contributed by atoms with van der Waals surface area (Å²) in [6.45, 7) is 3.61. The standard InChI is InChI=1S/C24H21FN2O4S/c1-4-31-23(29)20-14(2)26-24-27(21(20)16-7-9-17(25)10-8-16)22(28)19(32-24)13-15-5-11-18(30-3)12-6-15/h5-13,21H,4H2,1-3H3/b19-13-/t21-/m1/s1. The number of esters is 1. The molecule has 0 saturated heterocycles. The first-order valence-corrected chi connectivity index (χ1v) is 10.8. The summed E-state index contributed by atoms with van der Waals surface area (Å²) in [5.41, 5.74) is 1.88. The number of hydrogen-bond acceptors (Lipinski definition) is 6. The molecule has 32 heavy (non-hydrogen) atoms. The highest BCUT2D eigenvalue weighted by Gasteiger charge is 2.33. The van der Waals surface area contributed by atoms with Crippen molar-refractivity contribution in [1.82, 2.24) is 4.57 Å². The minimum Gasteiger partial charge on any atom is -0.497 e. The van der Waals surface area contributed by atoms with Crippen molar-refractivity contribution in [2.45, 2.75) is 19.9 Å². The monoisotopic (exact) mass is 452 g/mol. The van der Waals surface area contributed by atoms with Crippen LogP contribution in [-0.2, 0) is 9.53 Å². The molecule has 0 aliphatic carbocycles. The minimum atomic E-state index is -0.760. The van der Waals surface area contributed by atoms with Gasteiger partial charge in [0.2, 0.25) is 0 Å². The van der Waals surface area contributed by atoms with Crippen molar-refractivity contribution in [1.29, 1.82) is 0 Å². The summed E-state index contributed by atoms with van der Waals surface area (Å²) in [4.78, 5) is 31.2. The second-order valence-electron chi connectivity index (χ2n) is 7.13. The molecule has 1 aliphatic rings. The molecule has 164 valence electrons. The van der Waals surface area contributed by atoms with Gasteiger partial charge in [-0.1, -0.05) is 35.6 Å². The fraction of sp³-hybridized carbons (Fsp3) is 0.208. The highest BCUT2D eigenvalue weighted by molar-refractivity contribution is 7.07. The molecule has 0 radical (unpaired) electrons. The maximum atomic E-state index is 13.6. The Morgan fingerprint density at radius 2 is 1.88 bits per heavy atom. The maximum absolute atomic E-state index is 13.6. The lowest BCUT2D eigenvalue weighted by Gasteiger charge is -2.24. The molecule has 0 fully saturated rings. The number of allylic oxidation sites excluding steroid dienone is 1. The fourth-order valence-electron chi connectivity index (χ4n) is 3.60. The van der Waals surface area contributed by atoms with E-state index in [1.807, 2.05) is 24.3 Å². The van der Waals surface area contributed by atoms with Gasteiger partial charge in [0.15, 0.2) is 4.80 Å². The summed E-state index contributed by atoms with van der Waals surface area (Å²) >= 11 is 1.24. The van der Waals surface area contributed by atoms with Gasteiger partial charge in [-0.2, -0.15) is 0 Å². The molecule has 6 nitrogen and oxygen atoms in total. The Balaban J connectivity index is 1.92. The summed E-state index contributed by atoms with van der Waals surface area (Å²) < 4.78 is 26.0. The predicted molar refractivity (Wildman–Crippen MR) is 120 cm³/mol. The number of carbonyl (C=O) groups excluding carboxylic acids is 1. The Labute approximate surface area is 187 Å². The zero-order valence-corrected chi connectivity index (χ0v) is 18.6. The molecule has 0 unspecified atom stereocenters. The van der Waals surface area contributed by atoms with Crippen LogP contribution in [0.5, 0.6) is 5.75 Å². The van der Waals surface area contributed by atoms with E-state index in [9.17, 15) is 14.0 Å². The fourth-order valence-corrected chi connectivity index (χ4v) is 4.65. The van der Waals surface area contributed by atoms with Crippen LogP contribution in [0.1, 0.15) is 31.0 Å². The summed E-state index contributed by atoms with van der Waals surface area (Å²) in [7, 11) is 1.59. The third kappa shape index (κ3) is 4.01. The van der Waals surface area contributed by atoms with Gasteiger partial charge in [-0.05, 0) is 55.3 Å². The molecule has 4 rings (SSSR count). The van der Waals surface area contributed by atoms with Crippen molar-refractivity contribution in [3.63, 3.8) is 0 Å². The smallest absolute Gasteiger partial charge is 0.338 e.